The van der Waals surface area contributed by atoms with Crippen LogP contribution in [0.5, 0.6) is 5.75 Å². The molecular weight excluding hydrogens is 601 g/mol. The van der Waals surface area contributed by atoms with E-state index in [1.165, 1.54) is 38.3 Å². The highest BCUT2D eigenvalue weighted by atomic mass is 31.2. The van der Waals surface area contributed by atoms with Gasteiger partial charge in [-0.05, 0) is 44.5 Å². The largest absolute Gasteiger partial charge is 0.462 e. The lowest BCUT2D eigenvalue weighted by molar-refractivity contribution is -0.149. The Kier molecular flexibility index (Phi) is 11.3. The molecule has 1 unspecified atom stereocenters. The van der Waals surface area contributed by atoms with Crippen LogP contribution in [0.1, 0.15) is 32.6 Å². The van der Waals surface area contributed by atoms with Crippen molar-refractivity contribution in [3.8, 4) is 5.75 Å². The number of ether oxygens (including phenoxy) is 4. The number of amides is 1. The minimum atomic E-state index is -3.88. The van der Waals surface area contributed by atoms with Crippen molar-refractivity contribution in [3.63, 3.8) is 0 Å². The Morgan fingerprint density at radius 1 is 1.21 bits per heavy atom. The van der Waals surface area contributed by atoms with Crippen molar-refractivity contribution in [2.45, 2.75) is 63.9 Å². The number of anilines is 1. The van der Waals surface area contributed by atoms with Crippen molar-refractivity contribution in [1.29, 1.82) is 0 Å². The third kappa shape index (κ3) is 8.78. The highest BCUT2D eigenvalue weighted by molar-refractivity contribution is 7.57. The fourth-order valence-electron chi connectivity index (χ4n) is 3.83. The summed E-state index contributed by atoms with van der Waals surface area (Å²) in [5.74, 6) is -4.63. The lowest BCUT2D eigenvalue weighted by Gasteiger charge is -2.23. The first-order valence-corrected chi connectivity index (χ1v) is 14.7. The number of esters is 1. The monoisotopic (exact) mass is 634 g/mol. The van der Waals surface area contributed by atoms with Crippen LogP contribution in [-0.2, 0) is 34.9 Å². The van der Waals surface area contributed by atoms with Crippen LogP contribution in [0.2, 0.25) is 0 Å². The number of aliphatic hydroxyl groups excluding tert-OH is 2. The van der Waals surface area contributed by atoms with Crippen LogP contribution in [0, 0.1) is 0 Å². The Labute approximate surface area is 244 Å². The van der Waals surface area contributed by atoms with Gasteiger partial charge in [-0.1, -0.05) is 12.1 Å². The summed E-state index contributed by atoms with van der Waals surface area (Å²) in [7, 11) is -2.36. The van der Waals surface area contributed by atoms with E-state index in [0.717, 1.165) is 12.3 Å². The molecule has 1 aromatic heterocycles. The summed E-state index contributed by atoms with van der Waals surface area (Å²) in [6.45, 7) is 3.71. The van der Waals surface area contributed by atoms with Crippen LogP contribution in [0.15, 0.2) is 41.3 Å². The van der Waals surface area contributed by atoms with E-state index in [9.17, 15) is 32.8 Å². The number of carbonyl (C=O) groups excluding carboxylic acids is 2. The van der Waals surface area contributed by atoms with Gasteiger partial charge < -0.3 is 33.7 Å². The fraction of sp³-hybridized carbons (Fsp3) is 0.520. The van der Waals surface area contributed by atoms with E-state index in [2.05, 4.69) is 15.4 Å². The number of rotatable bonds is 13. The molecule has 43 heavy (non-hydrogen) atoms. The number of hydrogen-bond donors (Lipinski definition) is 4. The summed E-state index contributed by atoms with van der Waals surface area (Å²) in [6.07, 6.45) is -6.97. The third-order valence-corrected chi connectivity index (χ3v) is 7.70. The molecule has 1 aliphatic rings. The SMILES string of the molecule is COCP(=O)(N[C@@H](C)C(=O)OC(C)C)Oc1ccc(COC(=O)Nc2ccn([C@@H]3O[C@H](CO)[C@H](O)C3(F)F)c(=O)n2)cc1. The van der Waals surface area contributed by atoms with Gasteiger partial charge in [-0.2, -0.15) is 13.8 Å². The minimum Gasteiger partial charge on any atom is -0.462 e. The number of hydrogen-bond acceptors (Lipinski definition) is 12. The Balaban J connectivity index is 1.56. The number of aromatic nitrogens is 2. The van der Waals surface area contributed by atoms with E-state index in [0.29, 0.717) is 10.1 Å². The normalized spacial score (nSPS) is 21.6. The molecule has 0 spiro atoms. The van der Waals surface area contributed by atoms with Crippen molar-refractivity contribution in [2.75, 3.05) is 25.4 Å². The first-order chi connectivity index (χ1) is 20.2. The zero-order chi connectivity index (χ0) is 31.9. The average Bonchev–Trinajstić information content (AvgIpc) is 3.15. The summed E-state index contributed by atoms with van der Waals surface area (Å²) < 4.78 is 68.0. The first kappa shape index (κ1) is 34.0. The molecule has 1 aliphatic heterocycles. The lowest BCUT2D eigenvalue weighted by Crippen LogP contribution is -2.41. The minimum absolute atomic E-state index is 0.171. The smallest absolute Gasteiger partial charge is 0.413 e. The van der Waals surface area contributed by atoms with Gasteiger partial charge in [0.25, 0.3) is 0 Å². The summed E-state index contributed by atoms with van der Waals surface area (Å²) in [6, 6.07) is 6.05. The topological polar surface area (TPSA) is 197 Å². The van der Waals surface area contributed by atoms with Crippen molar-refractivity contribution >= 4 is 25.4 Å². The van der Waals surface area contributed by atoms with Gasteiger partial charge in [0.15, 0.2) is 6.10 Å². The molecule has 2 aromatic rings. The van der Waals surface area contributed by atoms with Crippen molar-refractivity contribution in [2.24, 2.45) is 0 Å². The summed E-state index contributed by atoms with van der Waals surface area (Å²) in [4.78, 5) is 40.1. The van der Waals surface area contributed by atoms with Crippen molar-refractivity contribution in [3.05, 3.63) is 52.6 Å². The molecule has 15 nitrogen and oxygen atoms in total. The lowest BCUT2D eigenvalue weighted by atomic mass is 10.1. The zero-order valence-electron chi connectivity index (χ0n) is 23.6. The summed E-state index contributed by atoms with van der Waals surface area (Å²) in [5.41, 5.74) is -0.720. The van der Waals surface area contributed by atoms with E-state index in [1.807, 2.05) is 0 Å². The molecule has 3 rings (SSSR count). The highest BCUT2D eigenvalue weighted by Crippen LogP contribution is 2.44. The quantitative estimate of drug-likeness (QED) is 0.185. The molecule has 1 amide bonds. The van der Waals surface area contributed by atoms with Gasteiger partial charge in [0, 0.05) is 13.3 Å². The molecule has 4 N–H and O–H groups in total. The fourth-order valence-corrected chi connectivity index (χ4v) is 5.51. The second-order valence-corrected chi connectivity index (χ2v) is 11.7. The predicted molar refractivity (Wildman–Crippen MR) is 145 cm³/mol. The molecule has 0 bridgehead atoms. The van der Waals surface area contributed by atoms with E-state index in [1.54, 1.807) is 13.8 Å². The number of alkyl halides is 2. The molecule has 0 aliphatic carbocycles. The van der Waals surface area contributed by atoms with Gasteiger partial charge in [-0.15, -0.1) is 0 Å². The first-order valence-electron chi connectivity index (χ1n) is 12.9. The number of methoxy groups -OCH3 is 1. The number of benzene rings is 1. The van der Waals surface area contributed by atoms with Gasteiger partial charge in [0.05, 0.1) is 12.7 Å². The Hall–Kier alpha value is -3.47. The molecule has 0 radical (unpaired) electrons. The Morgan fingerprint density at radius 3 is 2.44 bits per heavy atom. The molecule has 18 heteroatoms. The number of carbonyl (C=O) groups is 2. The summed E-state index contributed by atoms with van der Waals surface area (Å²) in [5, 5.41) is 23.6. The Morgan fingerprint density at radius 2 is 1.88 bits per heavy atom. The number of aliphatic hydroxyl groups is 2. The van der Waals surface area contributed by atoms with Crippen LogP contribution >= 0.6 is 7.52 Å². The number of nitrogens with zero attached hydrogens (tertiary/aromatic N) is 2. The molecule has 1 saturated heterocycles. The third-order valence-electron chi connectivity index (χ3n) is 5.81. The van der Waals surface area contributed by atoms with Gasteiger partial charge in [0.2, 0.25) is 6.23 Å². The Bertz CT molecular complexity index is 1380. The number of halogens is 2. The zero-order valence-corrected chi connectivity index (χ0v) is 24.5. The van der Waals surface area contributed by atoms with Crippen LogP contribution in [-0.4, -0.2) is 82.2 Å². The van der Waals surface area contributed by atoms with Crippen molar-refractivity contribution in [1.82, 2.24) is 14.6 Å². The van der Waals surface area contributed by atoms with Gasteiger partial charge in [-0.25, -0.2) is 14.7 Å². The van der Waals surface area contributed by atoms with Gasteiger partial charge in [0.1, 0.15) is 36.7 Å². The van der Waals surface area contributed by atoms with Gasteiger partial charge in [-0.3, -0.25) is 19.2 Å². The maximum Gasteiger partial charge on any atom is 0.413 e. The van der Waals surface area contributed by atoms with Crippen LogP contribution in [0.3, 0.4) is 0 Å². The van der Waals surface area contributed by atoms with Crippen LogP contribution < -0.4 is 20.6 Å². The van der Waals surface area contributed by atoms with E-state index in [-0.39, 0.29) is 30.6 Å². The highest BCUT2D eigenvalue weighted by Gasteiger charge is 2.59. The average molecular weight is 635 g/mol. The molecular formula is C25H33F2N4O11P. The summed E-state index contributed by atoms with van der Waals surface area (Å²) >= 11 is 0. The van der Waals surface area contributed by atoms with E-state index >= 15 is 0 Å². The molecule has 0 saturated carbocycles. The van der Waals surface area contributed by atoms with Gasteiger partial charge >= 0.3 is 31.2 Å². The maximum absolute atomic E-state index is 14.3. The van der Waals surface area contributed by atoms with Crippen molar-refractivity contribution < 1.29 is 56.6 Å². The molecule has 1 aromatic carbocycles. The van der Waals surface area contributed by atoms with Crippen LogP contribution in [0.4, 0.5) is 19.4 Å². The van der Waals surface area contributed by atoms with Crippen LogP contribution in [0.25, 0.3) is 0 Å². The second kappa shape index (κ2) is 14.3. The van der Waals surface area contributed by atoms with E-state index in [4.69, 9.17) is 28.6 Å². The predicted octanol–water partition coefficient (Wildman–Crippen LogP) is 1.98. The molecule has 5 atom stereocenters. The second-order valence-electron chi connectivity index (χ2n) is 9.70. The standard InChI is InChI=1S/C25H33F2N4O11P/c1-14(2)40-21(34)15(3)30-43(37,13-38-4)42-17-7-5-16(6-8-17)12-39-24(36)29-19-9-10-31(23(35)28-19)22-25(26,27)20(33)18(11-32)41-22/h5-10,14-15,18,20,22,32-33H,11-13H2,1-4H3,(H,30,37)(H,28,29,35,36)/t15-,18+,20-,22+,43?/m0/s1. The van der Waals surface area contributed by atoms with E-state index < -0.39 is 62.3 Å². The molecule has 1 fully saturated rings. The maximum atomic E-state index is 14.3. The number of nitrogens with one attached hydrogen (secondary N) is 2. The molecule has 238 valence electrons. The molecule has 2 heterocycles.